The molecule has 3 heteroatoms. The van der Waals surface area contributed by atoms with Crippen molar-refractivity contribution in [1.29, 1.82) is 0 Å². The van der Waals surface area contributed by atoms with Crippen molar-refractivity contribution in [2.45, 2.75) is 49.1 Å². The van der Waals surface area contributed by atoms with E-state index in [0.29, 0.717) is 10.3 Å². The first kappa shape index (κ1) is 12.7. The molecule has 12 heavy (non-hydrogen) atoms. The average Bonchev–Trinajstić information content (AvgIpc) is 2.05. The highest BCUT2D eigenvalue weighted by Crippen LogP contribution is 2.17. The van der Waals surface area contributed by atoms with Gasteiger partial charge in [0.1, 0.15) is 0 Å². The molecule has 0 unspecified atom stereocenters. The van der Waals surface area contributed by atoms with Gasteiger partial charge >= 0.3 is 0 Å². The first-order valence-corrected chi connectivity index (χ1v) is 5.90. The van der Waals surface area contributed by atoms with E-state index in [0.717, 1.165) is 6.42 Å². The first-order valence-electron chi connectivity index (χ1n) is 4.65. The summed E-state index contributed by atoms with van der Waals surface area (Å²) in [6.45, 7) is 2.26. The van der Waals surface area contributed by atoms with Crippen LogP contribution in [0, 0.1) is 0 Å². The minimum atomic E-state index is -0.326. The van der Waals surface area contributed by atoms with Gasteiger partial charge in [0, 0.05) is 10.5 Å². The third-order valence-electron chi connectivity index (χ3n) is 1.93. The van der Waals surface area contributed by atoms with Crippen LogP contribution in [-0.2, 0) is 0 Å². The minimum Gasteiger partial charge on any atom is -0.396 e. The van der Waals surface area contributed by atoms with Crippen LogP contribution in [0.5, 0.6) is 0 Å². The molecule has 2 atom stereocenters. The molecule has 0 aliphatic rings. The number of halogens is 1. The van der Waals surface area contributed by atoms with Crippen molar-refractivity contribution in [2.75, 3.05) is 6.61 Å². The van der Waals surface area contributed by atoms with E-state index in [4.69, 9.17) is 5.11 Å². The minimum absolute atomic E-state index is 0.0917. The highest BCUT2D eigenvalue weighted by atomic mass is 127. The molecule has 0 aromatic rings. The zero-order chi connectivity index (χ0) is 9.40. The van der Waals surface area contributed by atoms with E-state index < -0.39 is 0 Å². The summed E-state index contributed by atoms with van der Waals surface area (Å²) in [7, 11) is 0. The molecule has 0 amide bonds. The summed E-state index contributed by atoms with van der Waals surface area (Å²) in [6, 6.07) is 0. The summed E-state index contributed by atoms with van der Waals surface area (Å²) < 4.78 is 0.307. The molecule has 74 valence electrons. The summed E-state index contributed by atoms with van der Waals surface area (Å²) in [5.74, 6) is 0. The fraction of sp³-hybridized carbons (Fsp3) is 1.00. The van der Waals surface area contributed by atoms with E-state index in [1.807, 2.05) is 0 Å². The smallest absolute Gasteiger partial charge is 0.0679 e. The molecule has 2 N–H and O–H groups in total. The van der Waals surface area contributed by atoms with Crippen LogP contribution in [0.1, 0.15) is 39.0 Å². The molecule has 0 aliphatic carbocycles. The second-order valence-corrected chi connectivity index (χ2v) is 4.69. The predicted octanol–water partition coefficient (Wildman–Crippen LogP) is 2.11. The van der Waals surface area contributed by atoms with Crippen molar-refractivity contribution >= 4 is 22.6 Å². The molecule has 0 aliphatic heterocycles. The second kappa shape index (κ2) is 8.26. The Labute approximate surface area is 88.5 Å². The lowest BCUT2D eigenvalue weighted by Crippen LogP contribution is -2.21. The highest BCUT2D eigenvalue weighted by molar-refractivity contribution is 14.1. The zero-order valence-electron chi connectivity index (χ0n) is 7.67. The molecule has 0 saturated carbocycles. The van der Waals surface area contributed by atoms with E-state index in [1.54, 1.807) is 0 Å². The fourth-order valence-electron chi connectivity index (χ4n) is 1.09. The first-order chi connectivity index (χ1) is 5.72. The topological polar surface area (TPSA) is 40.5 Å². The lowest BCUT2D eigenvalue weighted by Gasteiger charge is -2.15. The van der Waals surface area contributed by atoms with Crippen LogP contribution in [0.25, 0.3) is 0 Å². The summed E-state index contributed by atoms with van der Waals surface area (Å²) in [4.78, 5) is 0. The monoisotopic (exact) mass is 286 g/mol. The Morgan fingerprint density at radius 2 is 1.92 bits per heavy atom. The van der Waals surface area contributed by atoms with Crippen molar-refractivity contribution in [3.63, 3.8) is 0 Å². The van der Waals surface area contributed by atoms with Crippen LogP contribution in [0.15, 0.2) is 0 Å². The Kier molecular flexibility index (Phi) is 8.70. The maximum Gasteiger partial charge on any atom is 0.0679 e. The molecule has 0 aromatic heterocycles. The van der Waals surface area contributed by atoms with Crippen LogP contribution in [0.4, 0.5) is 0 Å². The van der Waals surface area contributed by atoms with Crippen LogP contribution >= 0.6 is 22.6 Å². The van der Waals surface area contributed by atoms with E-state index >= 15 is 0 Å². The zero-order valence-corrected chi connectivity index (χ0v) is 9.83. The maximum atomic E-state index is 9.45. The Balaban J connectivity index is 3.35. The molecule has 0 rings (SSSR count). The summed E-state index contributed by atoms with van der Waals surface area (Å²) in [6.07, 6.45) is 4.90. The largest absolute Gasteiger partial charge is 0.396 e. The van der Waals surface area contributed by atoms with Gasteiger partial charge in [-0.15, -0.1) is 0 Å². The van der Waals surface area contributed by atoms with Gasteiger partial charge in [0.2, 0.25) is 0 Å². The molecule has 0 heterocycles. The molecular weight excluding hydrogens is 267 g/mol. The molecule has 0 bridgehead atoms. The van der Waals surface area contributed by atoms with Crippen LogP contribution in [0.3, 0.4) is 0 Å². The Bertz CT molecular complexity index is 98.5. The van der Waals surface area contributed by atoms with Gasteiger partial charge in [-0.1, -0.05) is 48.8 Å². The molecule has 0 saturated heterocycles. The number of hydrogen-bond acceptors (Lipinski definition) is 2. The van der Waals surface area contributed by atoms with Gasteiger partial charge in [0.25, 0.3) is 0 Å². The number of aliphatic hydroxyl groups excluding tert-OH is 2. The van der Waals surface area contributed by atoms with Gasteiger partial charge in [0.05, 0.1) is 6.10 Å². The van der Waals surface area contributed by atoms with E-state index in [9.17, 15) is 5.11 Å². The lowest BCUT2D eigenvalue weighted by atomic mass is 10.1. The van der Waals surface area contributed by atoms with Gasteiger partial charge < -0.3 is 10.2 Å². The van der Waals surface area contributed by atoms with E-state index in [-0.39, 0.29) is 12.7 Å². The Hall–Kier alpha value is 0.650. The van der Waals surface area contributed by atoms with Crippen LogP contribution in [-0.4, -0.2) is 26.8 Å². The second-order valence-electron chi connectivity index (χ2n) is 3.09. The lowest BCUT2D eigenvalue weighted by molar-refractivity contribution is 0.131. The normalized spacial score (nSPS) is 16.0. The van der Waals surface area contributed by atoms with Crippen molar-refractivity contribution < 1.29 is 10.2 Å². The SMILES string of the molecule is CCCCC[C@H](I)[C@H](O)CCO. The van der Waals surface area contributed by atoms with E-state index in [1.165, 1.54) is 19.3 Å². The van der Waals surface area contributed by atoms with Crippen molar-refractivity contribution in [1.82, 2.24) is 0 Å². The summed E-state index contributed by atoms with van der Waals surface area (Å²) >= 11 is 2.27. The molecule has 0 spiro atoms. The molecule has 0 aromatic carbocycles. The van der Waals surface area contributed by atoms with Gasteiger partial charge in [-0.2, -0.15) is 0 Å². The van der Waals surface area contributed by atoms with Crippen molar-refractivity contribution in [3.8, 4) is 0 Å². The molecule has 0 fully saturated rings. The maximum absolute atomic E-state index is 9.45. The standard InChI is InChI=1S/C9H19IO2/c1-2-3-4-5-8(10)9(12)6-7-11/h8-9,11-12H,2-7H2,1H3/t8-,9+/m0/s1. The Morgan fingerprint density at radius 3 is 2.42 bits per heavy atom. The number of unbranched alkanes of at least 4 members (excludes halogenated alkanes) is 2. The van der Waals surface area contributed by atoms with Crippen molar-refractivity contribution in [2.24, 2.45) is 0 Å². The fourth-order valence-corrected chi connectivity index (χ4v) is 1.89. The number of alkyl halides is 1. The van der Waals surface area contributed by atoms with Crippen molar-refractivity contribution in [3.05, 3.63) is 0 Å². The van der Waals surface area contributed by atoms with Gasteiger partial charge in [-0.3, -0.25) is 0 Å². The molecular formula is C9H19IO2. The highest BCUT2D eigenvalue weighted by Gasteiger charge is 2.13. The number of rotatable bonds is 7. The number of aliphatic hydroxyl groups is 2. The predicted molar refractivity (Wildman–Crippen MR) is 59.7 cm³/mol. The summed E-state index contributed by atoms with van der Waals surface area (Å²) in [5.41, 5.74) is 0. The third-order valence-corrected chi connectivity index (χ3v) is 3.38. The molecule has 0 radical (unpaired) electrons. The van der Waals surface area contributed by atoms with Gasteiger partial charge in [0.15, 0.2) is 0 Å². The van der Waals surface area contributed by atoms with Gasteiger partial charge in [-0.25, -0.2) is 0 Å². The number of hydrogen-bond donors (Lipinski definition) is 2. The van der Waals surface area contributed by atoms with Gasteiger partial charge in [-0.05, 0) is 12.8 Å². The average molecular weight is 286 g/mol. The summed E-state index contributed by atoms with van der Waals surface area (Å²) in [5, 5.41) is 18.0. The van der Waals surface area contributed by atoms with E-state index in [2.05, 4.69) is 29.5 Å². The molecule has 2 nitrogen and oxygen atoms in total. The third kappa shape index (κ3) is 6.20. The van der Waals surface area contributed by atoms with Crippen LogP contribution in [0.2, 0.25) is 0 Å². The Morgan fingerprint density at radius 1 is 1.25 bits per heavy atom. The van der Waals surface area contributed by atoms with Crippen LogP contribution < -0.4 is 0 Å². The quantitative estimate of drug-likeness (QED) is 0.427.